The molecule has 7 heteroatoms. The Morgan fingerprint density at radius 3 is 2.52 bits per heavy atom. The summed E-state index contributed by atoms with van der Waals surface area (Å²) in [4.78, 5) is 29.2. The number of nitrogens with zero attached hydrogens (tertiary/aromatic N) is 3. The van der Waals surface area contributed by atoms with Gasteiger partial charge in [-0.25, -0.2) is 9.79 Å². The van der Waals surface area contributed by atoms with Crippen LogP contribution in [0.1, 0.15) is 12.5 Å². The quantitative estimate of drug-likeness (QED) is 0.604. The molecule has 4 rings (SSSR count). The van der Waals surface area contributed by atoms with Crippen molar-refractivity contribution in [1.29, 1.82) is 0 Å². The molecule has 2 aromatic carbocycles. The van der Waals surface area contributed by atoms with Crippen molar-refractivity contribution >= 4 is 40.8 Å². The van der Waals surface area contributed by atoms with Crippen molar-refractivity contribution in [2.45, 2.75) is 6.92 Å². The molecule has 1 atom stereocenters. The molecule has 0 aromatic heterocycles. The fourth-order valence-corrected chi connectivity index (χ4v) is 3.07. The highest BCUT2D eigenvalue weighted by atomic mass is 35.5. The summed E-state index contributed by atoms with van der Waals surface area (Å²) in [7, 11) is 0. The molecule has 1 unspecified atom stereocenters. The van der Waals surface area contributed by atoms with E-state index >= 15 is 0 Å². The second-order valence-electron chi connectivity index (χ2n) is 6.04. The van der Waals surface area contributed by atoms with Crippen molar-refractivity contribution in [1.82, 2.24) is 0 Å². The summed E-state index contributed by atoms with van der Waals surface area (Å²) in [6.45, 7) is 1.74. The first kappa shape index (κ1) is 17.2. The number of cyclic esters (lactones) is 1. The topological polar surface area (TPSA) is 71.3 Å². The SMILES string of the molecule is CC1=NN(c2ccccc2)C(=O)C1/C=C1\N=C(c2ccccc2Cl)OC1=O. The summed E-state index contributed by atoms with van der Waals surface area (Å²) in [6.07, 6.45) is 1.48. The third-order valence-electron chi connectivity index (χ3n) is 4.23. The third-order valence-corrected chi connectivity index (χ3v) is 4.56. The summed E-state index contributed by atoms with van der Waals surface area (Å²) in [5.41, 5.74) is 1.82. The number of para-hydroxylation sites is 1. The Kier molecular flexibility index (Phi) is 4.33. The van der Waals surface area contributed by atoms with Crippen LogP contribution in [0, 0.1) is 5.92 Å². The van der Waals surface area contributed by atoms with E-state index < -0.39 is 11.9 Å². The maximum Gasteiger partial charge on any atom is 0.363 e. The fourth-order valence-electron chi connectivity index (χ4n) is 2.86. The van der Waals surface area contributed by atoms with Crippen molar-refractivity contribution in [3.05, 3.63) is 77.0 Å². The molecular weight excluding hydrogens is 366 g/mol. The second kappa shape index (κ2) is 6.81. The molecule has 0 N–H and O–H groups in total. The van der Waals surface area contributed by atoms with E-state index in [9.17, 15) is 9.59 Å². The van der Waals surface area contributed by atoms with Crippen molar-refractivity contribution in [3.63, 3.8) is 0 Å². The van der Waals surface area contributed by atoms with E-state index in [2.05, 4.69) is 10.1 Å². The Morgan fingerprint density at radius 1 is 1.07 bits per heavy atom. The van der Waals surface area contributed by atoms with Gasteiger partial charge in [0.2, 0.25) is 5.90 Å². The molecule has 1 amide bonds. The van der Waals surface area contributed by atoms with Crippen molar-refractivity contribution in [2.24, 2.45) is 16.0 Å². The number of carbonyl (C=O) groups excluding carboxylic acids is 2. The highest BCUT2D eigenvalue weighted by molar-refractivity contribution is 6.34. The predicted octanol–water partition coefficient (Wildman–Crippen LogP) is 3.57. The average molecular weight is 380 g/mol. The molecule has 0 bridgehead atoms. The standard InChI is InChI=1S/C20H14ClN3O3/c1-12-15(19(25)24(23-12)13-7-3-2-4-8-13)11-17-20(26)27-18(22-17)14-9-5-6-10-16(14)21/h2-11,15H,1H3/b17-11-. The lowest BCUT2D eigenvalue weighted by atomic mass is 10.0. The molecule has 0 saturated carbocycles. The Labute approximate surface area is 160 Å². The summed E-state index contributed by atoms with van der Waals surface area (Å²) in [5, 5.41) is 6.07. The number of anilines is 1. The Hall–Kier alpha value is -3.25. The molecule has 27 heavy (non-hydrogen) atoms. The largest absolute Gasteiger partial charge is 0.402 e. The van der Waals surface area contributed by atoms with Crippen LogP contribution >= 0.6 is 11.6 Å². The number of hydrogen-bond acceptors (Lipinski definition) is 5. The Bertz CT molecular complexity index is 1030. The summed E-state index contributed by atoms with van der Waals surface area (Å²) >= 11 is 6.13. The number of ether oxygens (including phenoxy) is 1. The minimum atomic E-state index is -0.679. The van der Waals surface area contributed by atoms with Crippen molar-refractivity contribution in [3.8, 4) is 0 Å². The molecular formula is C20H14ClN3O3. The number of amides is 1. The van der Waals surface area contributed by atoms with Gasteiger partial charge in [0.15, 0.2) is 0 Å². The molecule has 0 saturated heterocycles. The first-order valence-electron chi connectivity index (χ1n) is 8.26. The van der Waals surface area contributed by atoms with Gasteiger partial charge in [-0.3, -0.25) is 4.79 Å². The van der Waals surface area contributed by atoms with Crippen LogP contribution in [0.3, 0.4) is 0 Å². The van der Waals surface area contributed by atoms with Crippen LogP contribution in [0.25, 0.3) is 0 Å². The maximum absolute atomic E-state index is 12.8. The van der Waals surface area contributed by atoms with Gasteiger partial charge in [0.25, 0.3) is 5.91 Å². The minimum Gasteiger partial charge on any atom is -0.402 e. The lowest BCUT2D eigenvalue weighted by molar-refractivity contribution is -0.130. The van der Waals surface area contributed by atoms with E-state index in [4.69, 9.17) is 16.3 Å². The van der Waals surface area contributed by atoms with Gasteiger partial charge >= 0.3 is 5.97 Å². The Morgan fingerprint density at radius 2 is 1.78 bits per heavy atom. The molecule has 0 fully saturated rings. The van der Waals surface area contributed by atoms with Gasteiger partial charge in [-0.15, -0.1) is 0 Å². The van der Waals surface area contributed by atoms with Crippen molar-refractivity contribution < 1.29 is 14.3 Å². The van der Waals surface area contributed by atoms with Gasteiger partial charge in [0, 0.05) is 0 Å². The van der Waals surface area contributed by atoms with Crippen molar-refractivity contribution in [2.75, 3.05) is 5.01 Å². The smallest absolute Gasteiger partial charge is 0.363 e. The van der Waals surface area contributed by atoms with Gasteiger partial charge < -0.3 is 4.74 Å². The summed E-state index contributed by atoms with van der Waals surface area (Å²) in [5.74, 6) is -1.43. The zero-order chi connectivity index (χ0) is 19.0. The number of halogens is 1. The molecule has 2 aliphatic heterocycles. The lowest BCUT2D eigenvalue weighted by Crippen LogP contribution is -2.26. The molecule has 0 spiro atoms. The third kappa shape index (κ3) is 3.15. The number of hydrazone groups is 1. The molecule has 2 aliphatic rings. The monoisotopic (exact) mass is 379 g/mol. The number of aliphatic imine (C=N–C) groups is 1. The maximum atomic E-state index is 12.8. The second-order valence-corrected chi connectivity index (χ2v) is 6.45. The number of hydrogen-bond donors (Lipinski definition) is 0. The fraction of sp³-hybridized carbons (Fsp3) is 0.100. The lowest BCUT2D eigenvalue weighted by Gasteiger charge is -2.12. The van der Waals surface area contributed by atoms with E-state index in [1.165, 1.54) is 11.1 Å². The molecule has 6 nitrogen and oxygen atoms in total. The van der Waals surface area contributed by atoms with Crippen LogP contribution < -0.4 is 5.01 Å². The molecule has 2 heterocycles. The molecule has 0 radical (unpaired) electrons. The first-order chi connectivity index (χ1) is 13.0. The highest BCUT2D eigenvalue weighted by Crippen LogP contribution is 2.27. The number of benzene rings is 2. The molecule has 0 aliphatic carbocycles. The van der Waals surface area contributed by atoms with Gasteiger partial charge in [0.1, 0.15) is 11.6 Å². The van der Waals surface area contributed by atoms with E-state index in [0.29, 0.717) is 22.0 Å². The van der Waals surface area contributed by atoms with Crippen LogP contribution in [0.15, 0.2) is 76.5 Å². The normalized spacial score (nSPS) is 20.7. The van der Waals surface area contributed by atoms with Crippen LogP contribution in [-0.4, -0.2) is 23.5 Å². The average Bonchev–Trinajstić information content (AvgIpc) is 3.17. The molecule has 2 aromatic rings. The highest BCUT2D eigenvalue weighted by Gasteiger charge is 2.35. The zero-order valence-electron chi connectivity index (χ0n) is 14.3. The Balaban J connectivity index is 1.64. The van der Waals surface area contributed by atoms with Crippen LogP contribution in [0.5, 0.6) is 0 Å². The van der Waals surface area contributed by atoms with E-state index in [0.717, 1.165) is 0 Å². The summed E-state index contributed by atoms with van der Waals surface area (Å²) < 4.78 is 5.23. The van der Waals surface area contributed by atoms with Gasteiger partial charge in [-0.2, -0.15) is 10.1 Å². The minimum absolute atomic E-state index is 0.0627. The number of carbonyl (C=O) groups is 2. The van der Waals surface area contributed by atoms with Gasteiger partial charge in [-0.05, 0) is 37.3 Å². The number of esters is 1. The van der Waals surface area contributed by atoms with E-state index in [1.807, 2.05) is 18.2 Å². The summed E-state index contributed by atoms with van der Waals surface area (Å²) in [6, 6.07) is 16.0. The van der Waals surface area contributed by atoms with Gasteiger partial charge in [-0.1, -0.05) is 41.9 Å². The predicted molar refractivity (Wildman–Crippen MR) is 103 cm³/mol. The zero-order valence-corrected chi connectivity index (χ0v) is 15.1. The van der Waals surface area contributed by atoms with Crippen LogP contribution in [-0.2, 0) is 14.3 Å². The van der Waals surface area contributed by atoms with Gasteiger partial charge in [0.05, 0.1) is 22.0 Å². The first-order valence-corrected chi connectivity index (χ1v) is 8.64. The van der Waals surface area contributed by atoms with E-state index in [1.54, 1.807) is 43.3 Å². The molecule has 134 valence electrons. The van der Waals surface area contributed by atoms with E-state index in [-0.39, 0.29) is 17.5 Å². The van der Waals surface area contributed by atoms with Crippen LogP contribution in [0.4, 0.5) is 5.69 Å². The number of rotatable bonds is 3. The van der Waals surface area contributed by atoms with Crippen LogP contribution in [0.2, 0.25) is 5.02 Å².